The van der Waals surface area contributed by atoms with Crippen LogP contribution in [0.15, 0.2) is 0 Å². The van der Waals surface area contributed by atoms with E-state index in [9.17, 15) is 64.8 Å². The minimum absolute atomic E-state index is 0. The molecular weight excluding hydrogens is 436 g/mol. The third kappa shape index (κ3) is 4.34. The SMILES string of the molecule is O=S(=O)(C(S(=O)(=O)C(F)(F)F)S(=O)(=O)C(F)(F)F)C(F)(F)F.[MgH2]. The summed E-state index contributed by atoms with van der Waals surface area (Å²) in [7, 11) is -23.8. The molecule has 0 spiro atoms. The normalized spacial score (nSPS) is 15.4. The van der Waals surface area contributed by atoms with Gasteiger partial charge in [-0.3, -0.25) is 0 Å². The third-order valence-electron chi connectivity index (χ3n) is 1.73. The van der Waals surface area contributed by atoms with Crippen molar-refractivity contribution >= 4 is 52.6 Å². The minimum Gasteiger partial charge on any atom is -0.217 e. The summed E-state index contributed by atoms with van der Waals surface area (Å²) in [5.41, 5.74) is -21.1. The van der Waals surface area contributed by atoms with Crippen LogP contribution in [0, 0.1) is 0 Å². The van der Waals surface area contributed by atoms with Gasteiger partial charge in [-0.15, -0.1) is 0 Å². The second kappa shape index (κ2) is 6.37. The highest BCUT2D eigenvalue weighted by Crippen LogP contribution is 2.42. The lowest BCUT2D eigenvalue weighted by molar-refractivity contribution is -0.0490. The molecule has 0 aromatic carbocycles. The maximum Gasteiger partial charge on any atom is 0.499 e. The zero-order valence-electron chi connectivity index (χ0n) is 9.15. The molecule has 138 valence electrons. The largest absolute Gasteiger partial charge is 0.499 e. The molecule has 0 fully saturated rings. The predicted octanol–water partition coefficient (Wildman–Crippen LogP) is 0.158. The Labute approximate surface area is 137 Å². The fourth-order valence-corrected chi connectivity index (χ4v) is 7.45. The van der Waals surface area contributed by atoms with Crippen molar-refractivity contribution in [1.29, 1.82) is 0 Å². The molecule has 0 amide bonds. The van der Waals surface area contributed by atoms with Crippen molar-refractivity contribution in [3.63, 3.8) is 0 Å². The van der Waals surface area contributed by atoms with Crippen LogP contribution < -0.4 is 0 Å². The van der Waals surface area contributed by atoms with E-state index in [1.807, 2.05) is 0 Å². The number of halogens is 9. The number of rotatable bonds is 3. The molecule has 19 heteroatoms. The Balaban J connectivity index is 0. The minimum atomic E-state index is -7.94. The molecular formula is C4H3F9MgO6S3. The Morgan fingerprint density at radius 3 is 0.696 bits per heavy atom. The van der Waals surface area contributed by atoms with E-state index in [1.165, 1.54) is 0 Å². The smallest absolute Gasteiger partial charge is 0.217 e. The van der Waals surface area contributed by atoms with Crippen LogP contribution in [0.1, 0.15) is 0 Å². The monoisotopic (exact) mass is 438 g/mol. The summed E-state index contributed by atoms with van der Waals surface area (Å²) >= 11 is 0. The van der Waals surface area contributed by atoms with Gasteiger partial charge in [0.2, 0.25) is 0 Å². The molecule has 6 nitrogen and oxygen atoms in total. The zero-order chi connectivity index (χ0) is 18.6. The van der Waals surface area contributed by atoms with Crippen LogP contribution in [-0.2, 0) is 29.5 Å². The highest BCUT2D eigenvalue weighted by Gasteiger charge is 2.73. The Morgan fingerprint density at radius 2 is 0.609 bits per heavy atom. The number of hydrogen-bond donors (Lipinski definition) is 0. The Bertz CT molecular complexity index is 634. The molecule has 0 atom stereocenters. The van der Waals surface area contributed by atoms with Crippen molar-refractivity contribution in [2.75, 3.05) is 0 Å². The van der Waals surface area contributed by atoms with E-state index in [1.54, 1.807) is 0 Å². The van der Waals surface area contributed by atoms with Gasteiger partial charge in [0.15, 0.2) is 0 Å². The van der Waals surface area contributed by atoms with Crippen molar-refractivity contribution in [1.82, 2.24) is 0 Å². The standard InChI is InChI=1S/C4HF9O6S3.Mg.2H/c5-2(6,7)20(14,15)1(21(16,17)3(8,9)10)22(18,19)4(11,12)13;;;/h1H;;;. The van der Waals surface area contributed by atoms with E-state index in [-0.39, 0.29) is 23.1 Å². The van der Waals surface area contributed by atoms with Gasteiger partial charge in [0.1, 0.15) is 0 Å². The Hall–Kier alpha value is -0.0138. The summed E-state index contributed by atoms with van der Waals surface area (Å²) in [6.45, 7) is 0. The van der Waals surface area contributed by atoms with Gasteiger partial charge < -0.3 is 0 Å². The predicted molar refractivity (Wildman–Crippen MR) is 57.3 cm³/mol. The fraction of sp³-hybridized carbons (Fsp3) is 1.00. The first-order valence-corrected chi connectivity index (χ1v) is 8.66. The van der Waals surface area contributed by atoms with Crippen LogP contribution in [-0.4, -0.2) is 68.7 Å². The van der Waals surface area contributed by atoms with E-state index < -0.39 is 50.0 Å². The lowest BCUT2D eigenvalue weighted by Gasteiger charge is -2.21. The molecule has 0 aliphatic rings. The summed E-state index contributed by atoms with van der Waals surface area (Å²) in [4.78, 5) is 0. The van der Waals surface area contributed by atoms with Crippen molar-refractivity contribution in [2.45, 2.75) is 20.4 Å². The summed E-state index contributed by atoms with van der Waals surface area (Å²) in [6, 6.07) is 0. The van der Waals surface area contributed by atoms with E-state index in [0.717, 1.165) is 0 Å². The molecule has 0 saturated carbocycles. The number of hydrogen-bond acceptors (Lipinski definition) is 6. The molecule has 0 aliphatic carbocycles. The van der Waals surface area contributed by atoms with Gasteiger partial charge in [0, 0.05) is 0 Å². The molecule has 0 saturated heterocycles. The van der Waals surface area contributed by atoms with Crippen LogP contribution in [0.3, 0.4) is 0 Å². The highest BCUT2D eigenvalue weighted by atomic mass is 32.3. The molecule has 0 unspecified atom stereocenters. The maximum absolute atomic E-state index is 12.1. The van der Waals surface area contributed by atoms with Crippen molar-refractivity contribution in [3.05, 3.63) is 0 Å². The molecule has 0 bridgehead atoms. The summed E-state index contributed by atoms with van der Waals surface area (Å²) in [6.07, 6.45) is 0. The quantitative estimate of drug-likeness (QED) is 0.459. The van der Waals surface area contributed by atoms with Crippen LogP contribution >= 0.6 is 0 Å². The lowest BCUT2D eigenvalue weighted by Crippen LogP contribution is -2.52. The van der Waals surface area contributed by atoms with Crippen LogP contribution in [0.4, 0.5) is 39.5 Å². The second-order valence-corrected chi connectivity index (χ2v) is 10.2. The van der Waals surface area contributed by atoms with Crippen molar-refractivity contribution in [2.24, 2.45) is 0 Å². The average Bonchev–Trinajstić information content (AvgIpc) is 2.09. The number of sulfone groups is 3. The van der Waals surface area contributed by atoms with Gasteiger partial charge in [0.25, 0.3) is 33.4 Å². The van der Waals surface area contributed by atoms with E-state index in [2.05, 4.69) is 0 Å². The van der Waals surface area contributed by atoms with Crippen LogP contribution in [0.2, 0.25) is 0 Å². The van der Waals surface area contributed by atoms with Gasteiger partial charge >= 0.3 is 39.6 Å². The topological polar surface area (TPSA) is 102 Å². The Morgan fingerprint density at radius 1 is 0.478 bits per heavy atom. The van der Waals surface area contributed by atoms with Crippen molar-refractivity contribution in [3.8, 4) is 0 Å². The first-order chi connectivity index (χ1) is 9.12. The highest BCUT2D eigenvalue weighted by molar-refractivity contribution is 8.24. The summed E-state index contributed by atoms with van der Waals surface area (Å²) < 4.78 is 167. The molecule has 0 radical (unpaired) electrons. The van der Waals surface area contributed by atoms with Crippen molar-refractivity contribution < 1.29 is 64.8 Å². The molecule has 23 heavy (non-hydrogen) atoms. The van der Waals surface area contributed by atoms with Gasteiger partial charge in [-0.05, 0) is 0 Å². The van der Waals surface area contributed by atoms with Gasteiger partial charge in [-0.25, -0.2) is 25.3 Å². The molecule has 0 aromatic rings. The second-order valence-electron chi connectivity index (χ2n) is 3.26. The third-order valence-corrected chi connectivity index (χ3v) is 9.74. The summed E-state index contributed by atoms with van der Waals surface area (Å²) in [5, 5.41) is 0. The lowest BCUT2D eigenvalue weighted by atomic mass is 11.5. The molecule has 0 aromatic heterocycles. The zero-order valence-corrected chi connectivity index (χ0v) is 11.6. The molecule has 0 heterocycles. The van der Waals surface area contributed by atoms with Crippen LogP contribution in [0.5, 0.6) is 0 Å². The van der Waals surface area contributed by atoms with Gasteiger partial charge in [0.05, 0.1) is 0 Å². The van der Waals surface area contributed by atoms with E-state index in [0.29, 0.717) is 0 Å². The molecule has 0 aliphatic heterocycles. The molecule has 0 N–H and O–H groups in total. The van der Waals surface area contributed by atoms with Crippen LogP contribution in [0.25, 0.3) is 0 Å². The van der Waals surface area contributed by atoms with Gasteiger partial charge in [-0.1, -0.05) is 0 Å². The van der Waals surface area contributed by atoms with E-state index in [4.69, 9.17) is 0 Å². The first-order valence-electron chi connectivity index (χ1n) is 4.02. The fourth-order valence-electron chi connectivity index (χ4n) is 0.828. The van der Waals surface area contributed by atoms with Gasteiger partial charge in [-0.2, -0.15) is 39.5 Å². The Kier molecular flexibility index (Phi) is 6.99. The number of alkyl halides is 9. The first kappa shape index (κ1) is 25.2. The summed E-state index contributed by atoms with van der Waals surface area (Å²) in [5.74, 6) is 0. The maximum atomic E-state index is 12.1. The van der Waals surface area contributed by atoms with E-state index >= 15 is 0 Å². The average molecular weight is 439 g/mol. The molecule has 0 rings (SSSR count).